The molecule has 0 unspecified atom stereocenters. The molecule has 0 amide bonds. The van der Waals surface area contributed by atoms with Gasteiger partial charge in [0.2, 0.25) is 0 Å². The summed E-state index contributed by atoms with van der Waals surface area (Å²) in [6, 6.07) is 2.18. The van der Waals surface area contributed by atoms with Crippen LogP contribution in [0.2, 0.25) is 0 Å². The summed E-state index contributed by atoms with van der Waals surface area (Å²) in [6.45, 7) is 1.49. The van der Waals surface area contributed by atoms with Crippen molar-refractivity contribution in [1.29, 1.82) is 0 Å². The molecule has 0 aliphatic carbocycles. The molecule has 0 atom stereocenters. The van der Waals surface area contributed by atoms with E-state index in [4.69, 9.17) is 0 Å². The van der Waals surface area contributed by atoms with Gasteiger partial charge in [-0.1, -0.05) is 0 Å². The summed E-state index contributed by atoms with van der Waals surface area (Å²) in [5.74, 6) is 0. The zero-order valence-corrected chi connectivity index (χ0v) is 7.54. The van der Waals surface area contributed by atoms with Crippen LogP contribution in [0.5, 0.6) is 0 Å². The van der Waals surface area contributed by atoms with E-state index >= 15 is 0 Å². The first kappa shape index (κ1) is 9.51. The first-order valence-corrected chi connectivity index (χ1v) is 4.19. The maximum atomic E-state index is 12.1. The van der Waals surface area contributed by atoms with E-state index < -0.39 is 11.9 Å². The molecule has 0 bridgehead atoms. The van der Waals surface area contributed by atoms with Crippen LogP contribution in [0.3, 0.4) is 0 Å². The molecule has 3 nitrogen and oxygen atoms in total. The van der Waals surface area contributed by atoms with E-state index in [0.717, 1.165) is 13.1 Å². The molecule has 1 saturated heterocycles. The number of aromatic nitrogens is 2. The molecule has 0 spiro atoms. The average Bonchev–Trinajstić information content (AvgIpc) is 2.45. The van der Waals surface area contributed by atoms with Gasteiger partial charge in [-0.3, -0.25) is 4.68 Å². The molecule has 1 radical (unpaired) electrons. The fourth-order valence-electron chi connectivity index (χ4n) is 1.46. The van der Waals surface area contributed by atoms with E-state index in [9.17, 15) is 13.2 Å². The van der Waals surface area contributed by atoms with Gasteiger partial charge in [-0.25, -0.2) is 0 Å². The van der Waals surface area contributed by atoms with Crippen molar-refractivity contribution in [3.8, 4) is 0 Å². The van der Waals surface area contributed by atoms with Gasteiger partial charge in [0.15, 0.2) is 5.69 Å². The molecule has 0 N–H and O–H groups in total. The molecule has 0 aromatic carbocycles. The first-order valence-electron chi connectivity index (χ1n) is 4.19. The fraction of sp³-hybridized carbons (Fsp3) is 0.625. The largest absolute Gasteiger partial charge is 0.435 e. The second-order valence-corrected chi connectivity index (χ2v) is 3.47. The van der Waals surface area contributed by atoms with E-state index in [1.54, 1.807) is 0 Å². The number of rotatable bonds is 1. The Morgan fingerprint density at radius 1 is 1.50 bits per heavy atom. The van der Waals surface area contributed by atoms with Gasteiger partial charge in [0.05, 0.1) is 6.04 Å². The smallest absolute Gasteiger partial charge is 0.302 e. The SMILES string of the molecule is CN1CC(n2c[c]c(C(F)(F)F)n2)C1. The number of likely N-dealkylation sites (tertiary alicyclic amines) is 1. The molecule has 2 rings (SSSR count). The normalized spacial score (nSPS) is 19.7. The van der Waals surface area contributed by atoms with Crippen LogP contribution in [0, 0.1) is 6.07 Å². The van der Waals surface area contributed by atoms with Gasteiger partial charge in [0.1, 0.15) is 0 Å². The van der Waals surface area contributed by atoms with Crippen LogP contribution >= 0.6 is 0 Å². The number of likely N-dealkylation sites (N-methyl/N-ethyl adjacent to an activating group) is 1. The van der Waals surface area contributed by atoms with Crippen molar-refractivity contribution in [1.82, 2.24) is 14.7 Å². The third-order valence-corrected chi connectivity index (χ3v) is 2.24. The van der Waals surface area contributed by atoms with Crippen LogP contribution in [0.15, 0.2) is 6.20 Å². The number of hydrogen-bond donors (Lipinski definition) is 0. The van der Waals surface area contributed by atoms with Gasteiger partial charge in [-0.2, -0.15) is 18.3 Å². The van der Waals surface area contributed by atoms with Crippen molar-refractivity contribution in [2.75, 3.05) is 20.1 Å². The van der Waals surface area contributed by atoms with Crippen LogP contribution in [0.4, 0.5) is 13.2 Å². The molecule has 6 heteroatoms. The highest BCUT2D eigenvalue weighted by Gasteiger charge is 2.35. The molecule has 1 aliphatic rings. The molecule has 1 aromatic heterocycles. The lowest BCUT2D eigenvalue weighted by Crippen LogP contribution is -2.45. The highest BCUT2D eigenvalue weighted by molar-refractivity contribution is 5.02. The summed E-state index contributed by atoms with van der Waals surface area (Å²) in [7, 11) is 1.91. The second kappa shape index (κ2) is 2.98. The summed E-state index contributed by atoms with van der Waals surface area (Å²) in [4.78, 5) is 2.01. The minimum atomic E-state index is -4.39. The van der Waals surface area contributed by atoms with Gasteiger partial charge in [0.25, 0.3) is 0 Å². The molecule has 2 heterocycles. The molecule has 1 aliphatic heterocycles. The monoisotopic (exact) mass is 204 g/mol. The molecule has 1 fully saturated rings. The highest BCUT2D eigenvalue weighted by Crippen LogP contribution is 2.28. The number of halogens is 3. The quantitative estimate of drug-likeness (QED) is 0.685. The van der Waals surface area contributed by atoms with Crippen molar-refractivity contribution >= 4 is 0 Å². The Bertz CT molecular complexity index is 325. The standard InChI is InChI=1S/C8H9F3N3/c1-13-4-6(5-13)14-3-2-7(12-14)8(9,10)11/h3,6H,4-5H2,1H3. The van der Waals surface area contributed by atoms with Crippen LogP contribution in [0.25, 0.3) is 0 Å². The third kappa shape index (κ3) is 1.61. The maximum absolute atomic E-state index is 12.1. The molecular weight excluding hydrogens is 195 g/mol. The molecular formula is C8H9F3N3. The predicted octanol–water partition coefficient (Wildman–Crippen LogP) is 1.19. The second-order valence-electron chi connectivity index (χ2n) is 3.47. The number of alkyl halides is 3. The number of hydrogen-bond acceptors (Lipinski definition) is 2. The van der Waals surface area contributed by atoms with Gasteiger partial charge < -0.3 is 4.90 Å². The minimum absolute atomic E-state index is 0.0624. The molecule has 0 saturated carbocycles. The van der Waals surface area contributed by atoms with Crippen molar-refractivity contribution in [3.05, 3.63) is 18.0 Å². The Hall–Kier alpha value is -1.04. The predicted molar refractivity (Wildman–Crippen MR) is 42.6 cm³/mol. The molecule has 77 valence electrons. The lowest BCUT2D eigenvalue weighted by atomic mass is 10.1. The zero-order chi connectivity index (χ0) is 10.3. The summed E-state index contributed by atoms with van der Waals surface area (Å²) in [5, 5.41) is 3.45. The van der Waals surface area contributed by atoms with Gasteiger partial charge in [-0.15, -0.1) is 0 Å². The van der Waals surface area contributed by atoms with E-state index in [1.165, 1.54) is 10.9 Å². The average molecular weight is 204 g/mol. The Labute approximate surface area is 79.1 Å². The summed E-state index contributed by atoms with van der Waals surface area (Å²) < 4.78 is 37.8. The lowest BCUT2D eigenvalue weighted by Gasteiger charge is -2.36. The van der Waals surface area contributed by atoms with Crippen LogP contribution < -0.4 is 0 Å². The lowest BCUT2D eigenvalue weighted by molar-refractivity contribution is -0.141. The Morgan fingerprint density at radius 2 is 2.14 bits per heavy atom. The van der Waals surface area contributed by atoms with Crippen molar-refractivity contribution in [2.45, 2.75) is 12.2 Å². The van der Waals surface area contributed by atoms with Gasteiger partial charge in [-0.05, 0) is 7.05 Å². The zero-order valence-electron chi connectivity index (χ0n) is 7.54. The van der Waals surface area contributed by atoms with Crippen LogP contribution in [0.1, 0.15) is 11.7 Å². The fourth-order valence-corrected chi connectivity index (χ4v) is 1.46. The van der Waals surface area contributed by atoms with Crippen LogP contribution in [-0.4, -0.2) is 34.8 Å². The Morgan fingerprint density at radius 3 is 2.57 bits per heavy atom. The maximum Gasteiger partial charge on any atom is 0.435 e. The van der Waals surface area contributed by atoms with Gasteiger partial charge >= 0.3 is 6.18 Å². The van der Waals surface area contributed by atoms with E-state index in [1.807, 2.05) is 11.9 Å². The van der Waals surface area contributed by atoms with E-state index in [0.29, 0.717) is 0 Å². The third-order valence-electron chi connectivity index (χ3n) is 2.24. The first-order chi connectivity index (χ1) is 6.47. The minimum Gasteiger partial charge on any atom is -0.302 e. The summed E-state index contributed by atoms with van der Waals surface area (Å²) in [6.07, 6.45) is -3.12. The van der Waals surface area contributed by atoms with Crippen LogP contribution in [-0.2, 0) is 6.18 Å². The highest BCUT2D eigenvalue weighted by atomic mass is 19.4. The van der Waals surface area contributed by atoms with Crippen molar-refractivity contribution < 1.29 is 13.2 Å². The van der Waals surface area contributed by atoms with E-state index in [-0.39, 0.29) is 6.04 Å². The van der Waals surface area contributed by atoms with Crippen molar-refractivity contribution in [3.63, 3.8) is 0 Å². The Balaban J connectivity index is 2.11. The summed E-state index contributed by atoms with van der Waals surface area (Å²) in [5.41, 5.74) is -0.938. The van der Waals surface area contributed by atoms with Crippen molar-refractivity contribution in [2.24, 2.45) is 0 Å². The van der Waals surface area contributed by atoms with Gasteiger partial charge in [0, 0.05) is 25.4 Å². The number of nitrogens with zero attached hydrogens (tertiary/aromatic N) is 3. The topological polar surface area (TPSA) is 21.1 Å². The molecule has 14 heavy (non-hydrogen) atoms. The summed E-state index contributed by atoms with van der Waals surface area (Å²) >= 11 is 0. The van der Waals surface area contributed by atoms with E-state index in [2.05, 4.69) is 11.2 Å². The molecule has 1 aromatic rings. The Kier molecular flexibility index (Phi) is 2.02.